The second kappa shape index (κ2) is 4.74. The highest BCUT2D eigenvalue weighted by Gasteiger charge is 2.26. The maximum Gasteiger partial charge on any atom is 0.222 e. The largest absolute Gasteiger partial charge is 0.497 e. The molecule has 1 aromatic carbocycles. The lowest BCUT2D eigenvalue weighted by molar-refractivity contribution is -0.119. The van der Waals surface area contributed by atoms with Gasteiger partial charge >= 0.3 is 0 Å². The number of hydrogen-bond acceptors (Lipinski definition) is 3. The van der Waals surface area contributed by atoms with Gasteiger partial charge in [0.15, 0.2) is 0 Å². The average Bonchev–Trinajstić information content (AvgIpc) is 3.00. The molecule has 1 aliphatic rings. The fourth-order valence-electron chi connectivity index (χ4n) is 2.53. The molecule has 1 amide bonds. The first-order chi connectivity index (χ1) is 9.22. The summed E-state index contributed by atoms with van der Waals surface area (Å²) in [4.78, 5) is 15.9. The number of ether oxygens (including phenoxy) is 1. The molecular formula is C13H14ClN3O2. The number of aromatic nitrogens is 2. The van der Waals surface area contributed by atoms with Crippen LogP contribution >= 0.6 is 11.6 Å². The molecule has 6 heteroatoms. The maximum absolute atomic E-state index is 11.4. The van der Waals surface area contributed by atoms with Crippen LogP contribution in [0, 0.1) is 0 Å². The van der Waals surface area contributed by atoms with Gasteiger partial charge in [-0.2, -0.15) is 0 Å². The summed E-state index contributed by atoms with van der Waals surface area (Å²) in [6.07, 6.45) is 0.474. The minimum Gasteiger partial charge on any atom is -0.497 e. The van der Waals surface area contributed by atoms with Crippen molar-refractivity contribution in [3.63, 3.8) is 0 Å². The third-order valence-electron chi connectivity index (χ3n) is 3.41. The number of halogens is 1. The summed E-state index contributed by atoms with van der Waals surface area (Å²) in [5, 5.41) is 2.84. The number of amides is 1. The van der Waals surface area contributed by atoms with E-state index in [4.69, 9.17) is 16.3 Å². The number of benzene rings is 1. The number of rotatable bonds is 3. The Morgan fingerprint density at radius 3 is 3.05 bits per heavy atom. The molecule has 19 heavy (non-hydrogen) atoms. The van der Waals surface area contributed by atoms with Crippen molar-refractivity contribution in [3.05, 3.63) is 24.0 Å². The Morgan fingerprint density at radius 2 is 2.42 bits per heavy atom. The lowest BCUT2D eigenvalue weighted by Crippen LogP contribution is -2.16. The Balaban J connectivity index is 2.13. The van der Waals surface area contributed by atoms with E-state index in [1.165, 1.54) is 0 Å². The fourth-order valence-corrected chi connectivity index (χ4v) is 2.72. The molecule has 0 bridgehead atoms. The van der Waals surface area contributed by atoms with E-state index in [1.54, 1.807) is 7.11 Å². The van der Waals surface area contributed by atoms with E-state index in [1.807, 2.05) is 18.2 Å². The Labute approximate surface area is 115 Å². The van der Waals surface area contributed by atoms with Crippen LogP contribution < -0.4 is 10.1 Å². The quantitative estimate of drug-likeness (QED) is 0.873. The Kier molecular flexibility index (Phi) is 3.06. The van der Waals surface area contributed by atoms with Gasteiger partial charge in [0.25, 0.3) is 0 Å². The smallest absolute Gasteiger partial charge is 0.222 e. The van der Waals surface area contributed by atoms with Crippen LogP contribution in [0.5, 0.6) is 5.75 Å². The van der Waals surface area contributed by atoms with Crippen LogP contribution in [0.3, 0.4) is 0 Å². The van der Waals surface area contributed by atoms with E-state index < -0.39 is 0 Å². The molecule has 1 fully saturated rings. The average molecular weight is 280 g/mol. The van der Waals surface area contributed by atoms with Crippen molar-refractivity contribution in [2.75, 3.05) is 13.7 Å². The van der Waals surface area contributed by atoms with Crippen molar-refractivity contribution >= 4 is 28.5 Å². The predicted molar refractivity (Wildman–Crippen MR) is 72.5 cm³/mol. The number of hydrogen-bond donors (Lipinski definition) is 1. The number of carbonyl (C=O) groups excluding carboxylic acids is 1. The normalized spacial score (nSPS) is 18.8. The second-order valence-electron chi connectivity index (χ2n) is 4.55. The number of carbonyl (C=O) groups is 1. The van der Waals surface area contributed by atoms with Crippen LogP contribution in [-0.2, 0) is 10.7 Å². The van der Waals surface area contributed by atoms with Gasteiger partial charge < -0.3 is 14.6 Å². The molecule has 2 heterocycles. The summed E-state index contributed by atoms with van der Waals surface area (Å²) in [5.41, 5.74) is 1.83. The number of fused-ring (bicyclic) bond motifs is 1. The summed E-state index contributed by atoms with van der Waals surface area (Å²) >= 11 is 5.97. The number of nitrogens with one attached hydrogen (secondary N) is 1. The first-order valence-electron chi connectivity index (χ1n) is 6.10. The van der Waals surface area contributed by atoms with Crippen LogP contribution in [-0.4, -0.2) is 29.1 Å². The van der Waals surface area contributed by atoms with E-state index in [0.29, 0.717) is 18.8 Å². The van der Waals surface area contributed by atoms with Gasteiger partial charge in [-0.05, 0) is 12.1 Å². The summed E-state index contributed by atoms with van der Waals surface area (Å²) in [6.45, 7) is 0.625. The Morgan fingerprint density at radius 1 is 1.58 bits per heavy atom. The molecule has 3 rings (SSSR count). The number of imidazole rings is 1. The topological polar surface area (TPSA) is 56.1 Å². The molecule has 0 radical (unpaired) electrons. The highest BCUT2D eigenvalue weighted by Crippen LogP contribution is 2.28. The molecule has 100 valence electrons. The van der Waals surface area contributed by atoms with Crippen molar-refractivity contribution in [2.45, 2.75) is 18.3 Å². The summed E-state index contributed by atoms with van der Waals surface area (Å²) in [5.74, 6) is 1.94. The van der Waals surface area contributed by atoms with E-state index in [2.05, 4.69) is 14.9 Å². The van der Waals surface area contributed by atoms with E-state index in [9.17, 15) is 4.79 Å². The zero-order valence-electron chi connectivity index (χ0n) is 10.5. The summed E-state index contributed by atoms with van der Waals surface area (Å²) < 4.78 is 7.25. The molecule has 1 saturated heterocycles. The van der Waals surface area contributed by atoms with Gasteiger partial charge in [0.1, 0.15) is 11.6 Å². The van der Waals surface area contributed by atoms with Crippen molar-refractivity contribution < 1.29 is 9.53 Å². The molecular weight excluding hydrogens is 266 g/mol. The fraction of sp³-hybridized carbons (Fsp3) is 0.385. The lowest BCUT2D eigenvalue weighted by atomic mass is 10.2. The molecule has 2 aromatic rings. The minimum absolute atomic E-state index is 0.0703. The van der Waals surface area contributed by atoms with Crippen LogP contribution in [0.2, 0.25) is 0 Å². The van der Waals surface area contributed by atoms with Gasteiger partial charge in [-0.3, -0.25) is 4.79 Å². The van der Waals surface area contributed by atoms with E-state index in [0.717, 1.165) is 22.6 Å². The van der Waals surface area contributed by atoms with Crippen LogP contribution in [0.1, 0.15) is 18.3 Å². The van der Waals surface area contributed by atoms with E-state index in [-0.39, 0.29) is 11.9 Å². The minimum atomic E-state index is 0.0703. The first kappa shape index (κ1) is 12.3. The molecule has 0 saturated carbocycles. The highest BCUT2D eigenvalue weighted by atomic mass is 35.5. The van der Waals surface area contributed by atoms with Crippen LogP contribution in [0.4, 0.5) is 0 Å². The molecule has 1 aromatic heterocycles. The van der Waals surface area contributed by atoms with Crippen molar-refractivity contribution in [2.24, 2.45) is 0 Å². The second-order valence-corrected chi connectivity index (χ2v) is 4.82. The SMILES string of the molecule is COc1ccc2c(c1)nc(CCl)n2C1CNC(=O)C1. The summed E-state index contributed by atoms with van der Waals surface area (Å²) in [7, 11) is 1.63. The standard InChI is InChI=1S/C13H14ClN3O2/c1-19-9-2-3-11-10(5-9)16-12(6-14)17(11)8-4-13(18)15-7-8/h2-3,5,8H,4,6-7H2,1H3,(H,15,18). The predicted octanol–water partition coefficient (Wildman–Crippen LogP) is 1.84. The van der Waals surface area contributed by atoms with Crippen LogP contribution in [0.25, 0.3) is 11.0 Å². The molecule has 5 nitrogen and oxygen atoms in total. The third kappa shape index (κ3) is 2.04. The van der Waals surface area contributed by atoms with E-state index >= 15 is 0 Å². The maximum atomic E-state index is 11.4. The van der Waals surface area contributed by atoms with Gasteiger partial charge in [0, 0.05) is 19.0 Å². The number of methoxy groups -OCH3 is 1. The number of nitrogens with zero attached hydrogens (tertiary/aromatic N) is 2. The Hall–Kier alpha value is -1.75. The zero-order valence-corrected chi connectivity index (χ0v) is 11.3. The molecule has 1 N–H and O–H groups in total. The monoisotopic (exact) mass is 279 g/mol. The van der Waals surface area contributed by atoms with Gasteiger partial charge in [0.2, 0.25) is 5.91 Å². The molecule has 1 unspecified atom stereocenters. The van der Waals surface area contributed by atoms with Gasteiger partial charge in [0.05, 0.1) is 30.1 Å². The third-order valence-corrected chi connectivity index (χ3v) is 3.65. The highest BCUT2D eigenvalue weighted by molar-refractivity contribution is 6.16. The Bertz CT molecular complexity index is 638. The van der Waals surface area contributed by atoms with Crippen molar-refractivity contribution in [3.8, 4) is 5.75 Å². The van der Waals surface area contributed by atoms with Gasteiger partial charge in [-0.1, -0.05) is 0 Å². The molecule has 1 aliphatic heterocycles. The van der Waals surface area contributed by atoms with Crippen molar-refractivity contribution in [1.29, 1.82) is 0 Å². The number of alkyl halides is 1. The van der Waals surface area contributed by atoms with Crippen molar-refractivity contribution in [1.82, 2.24) is 14.9 Å². The first-order valence-corrected chi connectivity index (χ1v) is 6.64. The summed E-state index contributed by atoms with van der Waals surface area (Å²) in [6, 6.07) is 5.81. The molecule has 0 aliphatic carbocycles. The van der Waals surface area contributed by atoms with Crippen LogP contribution in [0.15, 0.2) is 18.2 Å². The van der Waals surface area contributed by atoms with Gasteiger partial charge in [-0.15, -0.1) is 11.6 Å². The van der Waals surface area contributed by atoms with Gasteiger partial charge in [-0.25, -0.2) is 4.98 Å². The zero-order chi connectivity index (χ0) is 13.4. The molecule has 1 atom stereocenters. The molecule has 0 spiro atoms. The lowest BCUT2D eigenvalue weighted by Gasteiger charge is -2.13.